The quantitative estimate of drug-likeness (QED) is 0.786. The highest BCUT2D eigenvalue weighted by molar-refractivity contribution is 5.92. The minimum Gasteiger partial charge on any atom is -0.348 e. The molecular formula is C24H30N4O2. The summed E-state index contributed by atoms with van der Waals surface area (Å²) in [5, 5.41) is 0. The van der Waals surface area contributed by atoms with E-state index in [1.54, 1.807) is 25.1 Å². The fourth-order valence-corrected chi connectivity index (χ4v) is 4.75. The fraction of sp³-hybridized carbons (Fsp3) is 0.458. The molecule has 2 aliphatic heterocycles. The van der Waals surface area contributed by atoms with Crippen molar-refractivity contribution in [2.45, 2.75) is 31.7 Å². The molecule has 6 nitrogen and oxygen atoms in total. The Hall–Kier alpha value is -2.73. The molecule has 3 heterocycles. The Morgan fingerprint density at radius 3 is 2.50 bits per heavy atom. The maximum absolute atomic E-state index is 13.3. The number of carbonyl (C=O) groups excluding carboxylic acids is 2. The fourth-order valence-electron chi connectivity index (χ4n) is 4.75. The molecule has 158 valence electrons. The van der Waals surface area contributed by atoms with Gasteiger partial charge in [-0.25, -0.2) is 4.98 Å². The van der Waals surface area contributed by atoms with Crippen LogP contribution in [0, 0.1) is 6.92 Å². The number of piperidine rings is 1. The van der Waals surface area contributed by atoms with Gasteiger partial charge in [-0.05, 0) is 56.1 Å². The maximum atomic E-state index is 13.3. The van der Waals surface area contributed by atoms with E-state index in [9.17, 15) is 9.59 Å². The smallest absolute Gasteiger partial charge is 0.272 e. The molecule has 30 heavy (non-hydrogen) atoms. The number of likely N-dealkylation sites (N-methyl/N-ethyl adjacent to an activating group) is 1. The van der Waals surface area contributed by atoms with Gasteiger partial charge in [-0.15, -0.1) is 0 Å². The predicted octanol–water partition coefficient (Wildman–Crippen LogP) is 2.47. The predicted molar refractivity (Wildman–Crippen MR) is 116 cm³/mol. The van der Waals surface area contributed by atoms with Gasteiger partial charge in [0, 0.05) is 38.3 Å². The van der Waals surface area contributed by atoms with Crippen molar-refractivity contribution < 1.29 is 9.59 Å². The highest BCUT2D eigenvalue weighted by Crippen LogP contribution is 2.42. The van der Waals surface area contributed by atoms with Gasteiger partial charge in [0.05, 0.1) is 6.54 Å². The number of rotatable bonds is 3. The van der Waals surface area contributed by atoms with Gasteiger partial charge in [0.1, 0.15) is 5.69 Å². The second kappa shape index (κ2) is 8.19. The zero-order valence-corrected chi connectivity index (χ0v) is 18.1. The highest BCUT2D eigenvalue weighted by atomic mass is 16.2. The third-order valence-electron chi connectivity index (χ3n) is 6.51. The third-order valence-corrected chi connectivity index (χ3v) is 6.51. The largest absolute Gasteiger partial charge is 0.348 e. The summed E-state index contributed by atoms with van der Waals surface area (Å²) in [5.74, 6) is 0.134. The molecule has 0 radical (unpaired) electrons. The van der Waals surface area contributed by atoms with Gasteiger partial charge >= 0.3 is 0 Å². The summed E-state index contributed by atoms with van der Waals surface area (Å²) in [4.78, 5) is 35.7. The van der Waals surface area contributed by atoms with Crippen LogP contribution in [0.25, 0.3) is 0 Å². The molecule has 2 amide bonds. The van der Waals surface area contributed by atoms with E-state index in [0.717, 1.165) is 31.6 Å². The lowest BCUT2D eigenvalue weighted by Gasteiger charge is -2.48. The number of hydrogen-bond donors (Lipinski definition) is 0. The standard InChI is InChI=1S/C24H30N4O2/c1-18-7-6-10-21(25-18)23(30)28-15-19-8-4-5-9-20(19)24(17-28)11-13-27(14-12-24)16-22(29)26(2)3/h4-10H,11-17H2,1-3H3. The molecule has 6 heteroatoms. The van der Waals surface area contributed by atoms with Gasteiger partial charge in [0.25, 0.3) is 5.91 Å². The minimum atomic E-state index is -0.0635. The first kappa shape index (κ1) is 20.5. The second-order valence-electron chi connectivity index (χ2n) is 8.83. The number of benzene rings is 1. The van der Waals surface area contributed by atoms with Crippen LogP contribution in [0.15, 0.2) is 42.5 Å². The number of carbonyl (C=O) groups is 2. The van der Waals surface area contributed by atoms with Crippen molar-refractivity contribution in [2.24, 2.45) is 0 Å². The maximum Gasteiger partial charge on any atom is 0.272 e. The molecule has 0 atom stereocenters. The van der Waals surface area contributed by atoms with Crippen LogP contribution in [0.3, 0.4) is 0 Å². The van der Waals surface area contributed by atoms with Crippen LogP contribution in [0.2, 0.25) is 0 Å². The second-order valence-corrected chi connectivity index (χ2v) is 8.83. The first-order chi connectivity index (χ1) is 14.4. The number of pyridine rings is 1. The number of aromatic nitrogens is 1. The summed E-state index contributed by atoms with van der Waals surface area (Å²) in [7, 11) is 3.60. The van der Waals surface area contributed by atoms with E-state index in [2.05, 4.69) is 34.1 Å². The Labute approximate surface area is 178 Å². The van der Waals surface area contributed by atoms with Crippen LogP contribution in [0.5, 0.6) is 0 Å². The average molecular weight is 407 g/mol. The number of nitrogens with zero attached hydrogens (tertiary/aromatic N) is 4. The Morgan fingerprint density at radius 2 is 1.80 bits per heavy atom. The van der Waals surface area contributed by atoms with Crippen molar-refractivity contribution in [2.75, 3.05) is 40.3 Å². The lowest BCUT2D eigenvalue weighted by molar-refractivity contribution is -0.130. The lowest BCUT2D eigenvalue weighted by atomic mass is 9.68. The minimum absolute atomic E-state index is 0.00204. The van der Waals surface area contributed by atoms with Crippen LogP contribution < -0.4 is 0 Å². The Morgan fingerprint density at radius 1 is 1.07 bits per heavy atom. The summed E-state index contributed by atoms with van der Waals surface area (Å²) in [5.41, 5.74) is 3.89. The molecule has 1 saturated heterocycles. The van der Waals surface area contributed by atoms with Crippen molar-refractivity contribution in [3.05, 3.63) is 65.0 Å². The Kier molecular flexibility index (Phi) is 5.60. The molecule has 2 aromatic rings. The molecule has 1 aromatic carbocycles. The van der Waals surface area contributed by atoms with Crippen molar-refractivity contribution in [3.63, 3.8) is 0 Å². The zero-order chi connectivity index (χ0) is 21.3. The van der Waals surface area contributed by atoms with Crippen molar-refractivity contribution in [3.8, 4) is 0 Å². The first-order valence-corrected chi connectivity index (χ1v) is 10.6. The van der Waals surface area contributed by atoms with Gasteiger partial charge in [-0.2, -0.15) is 0 Å². The molecule has 0 saturated carbocycles. The van der Waals surface area contributed by atoms with Crippen LogP contribution >= 0.6 is 0 Å². The molecule has 0 bridgehead atoms. The van der Waals surface area contributed by atoms with E-state index in [4.69, 9.17) is 0 Å². The van der Waals surface area contributed by atoms with Gasteiger partial charge in [-0.1, -0.05) is 30.3 Å². The van der Waals surface area contributed by atoms with E-state index in [1.807, 2.05) is 24.0 Å². The van der Waals surface area contributed by atoms with Crippen molar-refractivity contribution in [1.29, 1.82) is 0 Å². The van der Waals surface area contributed by atoms with E-state index in [1.165, 1.54) is 11.1 Å². The van der Waals surface area contributed by atoms with Crippen LogP contribution in [0.1, 0.15) is 40.2 Å². The number of amides is 2. The number of aryl methyl sites for hydroxylation is 1. The summed E-state index contributed by atoms with van der Waals surface area (Å²) in [6.07, 6.45) is 1.88. The highest BCUT2D eigenvalue weighted by Gasteiger charge is 2.43. The van der Waals surface area contributed by atoms with Gasteiger partial charge < -0.3 is 9.80 Å². The van der Waals surface area contributed by atoms with E-state index >= 15 is 0 Å². The van der Waals surface area contributed by atoms with Gasteiger partial charge in [0.15, 0.2) is 0 Å². The molecule has 1 fully saturated rings. The summed E-state index contributed by atoms with van der Waals surface area (Å²) >= 11 is 0. The normalized spacial score (nSPS) is 18.2. The number of hydrogen-bond acceptors (Lipinski definition) is 4. The van der Waals surface area contributed by atoms with Crippen molar-refractivity contribution >= 4 is 11.8 Å². The molecule has 1 aromatic heterocycles. The Balaban J connectivity index is 1.57. The average Bonchev–Trinajstić information content (AvgIpc) is 2.75. The zero-order valence-electron chi connectivity index (χ0n) is 18.1. The monoisotopic (exact) mass is 406 g/mol. The molecule has 1 spiro atoms. The summed E-state index contributed by atoms with van der Waals surface area (Å²) < 4.78 is 0. The number of likely N-dealkylation sites (tertiary alicyclic amines) is 1. The molecule has 4 rings (SSSR count). The van der Waals surface area contributed by atoms with Gasteiger partial charge in [-0.3, -0.25) is 14.5 Å². The number of fused-ring (bicyclic) bond motifs is 2. The summed E-state index contributed by atoms with van der Waals surface area (Å²) in [6.45, 7) is 5.41. The van der Waals surface area contributed by atoms with E-state index in [0.29, 0.717) is 25.3 Å². The molecule has 2 aliphatic rings. The topological polar surface area (TPSA) is 56.8 Å². The van der Waals surface area contributed by atoms with Crippen LogP contribution in [0.4, 0.5) is 0 Å². The van der Waals surface area contributed by atoms with E-state index in [-0.39, 0.29) is 17.2 Å². The van der Waals surface area contributed by atoms with E-state index < -0.39 is 0 Å². The van der Waals surface area contributed by atoms with Crippen molar-refractivity contribution in [1.82, 2.24) is 19.7 Å². The Bertz CT molecular complexity index is 948. The molecule has 0 N–H and O–H groups in total. The van der Waals surface area contributed by atoms with Gasteiger partial charge in [0.2, 0.25) is 5.91 Å². The summed E-state index contributed by atoms with van der Waals surface area (Å²) in [6, 6.07) is 14.1. The van der Waals surface area contributed by atoms with Crippen LogP contribution in [-0.2, 0) is 16.8 Å². The SMILES string of the molecule is Cc1cccc(C(=O)N2Cc3ccccc3C3(CCN(CC(=O)N(C)C)CC3)C2)n1. The lowest BCUT2D eigenvalue weighted by Crippen LogP contribution is -2.54. The first-order valence-electron chi connectivity index (χ1n) is 10.6. The molecule has 0 unspecified atom stereocenters. The third kappa shape index (κ3) is 3.97. The molecule has 0 aliphatic carbocycles. The van der Waals surface area contributed by atoms with Crippen LogP contribution in [-0.4, -0.2) is 71.8 Å². The molecular weight excluding hydrogens is 376 g/mol.